The summed E-state index contributed by atoms with van der Waals surface area (Å²) < 4.78 is 9.86. The van der Waals surface area contributed by atoms with Gasteiger partial charge in [0.15, 0.2) is 0 Å². The van der Waals surface area contributed by atoms with Gasteiger partial charge in [0.05, 0.1) is 6.54 Å². The summed E-state index contributed by atoms with van der Waals surface area (Å²) in [6, 6.07) is 0. The highest BCUT2D eigenvalue weighted by molar-refractivity contribution is 5.99. The molecule has 1 aliphatic heterocycles. The number of carbonyl (C=O) groups excluding carboxylic acids is 3. The molecule has 112 valence electrons. The molecule has 21 heavy (non-hydrogen) atoms. The summed E-state index contributed by atoms with van der Waals surface area (Å²) in [5.41, 5.74) is 0.609. The second kappa shape index (κ2) is 6.25. The van der Waals surface area contributed by atoms with Crippen molar-refractivity contribution in [2.24, 2.45) is 0 Å². The molecular weight excluding hydrogens is 278 g/mol. The Morgan fingerprint density at radius 1 is 1.43 bits per heavy atom. The molecule has 0 spiro atoms. The van der Waals surface area contributed by atoms with Crippen LogP contribution in [0, 0.1) is 0 Å². The Hall–Kier alpha value is -2.57. The van der Waals surface area contributed by atoms with Crippen LogP contribution >= 0.6 is 0 Å². The van der Waals surface area contributed by atoms with E-state index in [1.54, 1.807) is 6.20 Å². The fourth-order valence-electron chi connectivity index (χ4n) is 1.99. The SMILES string of the molecule is CC(=O)OC1CNC=C1C=CC(=O)OC1=C(O)CCC1=O. The highest BCUT2D eigenvalue weighted by atomic mass is 16.5. The molecule has 0 aromatic carbocycles. The number of Topliss-reactive ketones (excluding diaryl/α,β-unsaturated/α-hetero) is 1. The number of allylic oxidation sites excluding steroid dienone is 2. The average molecular weight is 293 g/mol. The van der Waals surface area contributed by atoms with Crippen LogP contribution in [0.4, 0.5) is 0 Å². The predicted octanol–water partition coefficient (Wildman–Crippen LogP) is 0.637. The summed E-state index contributed by atoms with van der Waals surface area (Å²) in [5, 5.41) is 12.3. The number of rotatable bonds is 4. The van der Waals surface area contributed by atoms with Gasteiger partial charge in [-0.1, -0.05) is 0 Å². The maximum atomic E-state index is 11.6. The monoisotopic (exact) mass is 293 g/mol. The number of aliphatic hydroxyl groups excluding tert-OH is 1. The molecular formula is C14H15NO6. The Morgan fingerprint density at radius 2 is 2.19 bits per heavy atom. The third-order valence-electron chi connectivity index (χ3n) is 2.97. The largest absolute Gasteiger partial charge is 0.508 e. The van der Waals surface area contributed by atoms with E-state index in [0.717, 1.165) is 6.08 Å². The van der Waals surface area contributed by atoms with Crippen LogP contribution in [0.2, 0.25) is 0 Å². The van der Waals surface area contributed by atoms with Crippen LogP contribution in [0.25, 0.3) is 0 Å². The molecule has 2 aliphatic rings. The van der Waals surface area contributed by atoms with Crippen LogP contribution < -0.4 is 5.32 Å². The molecule has 0 radical (unpaired) electrons. The fourth-order valence-corrected chi connectivity index (χ4v) is 1.99. The molecule has 0 saturated heterocycles. The minimum Gasteiger partial charge on any atom is -0.508 e. The molecule has 0 amide bonds. The Balaban J connectivity index is 1.95. The number of nitrogens with one attached hydrogen (secondary N) is 1. The van der Waals surface area contributed by atoms with Crippen LogP contribution in [-0.4, -0.2) is 35.5 Å². The Morgan fingerprint density at radius 3 is 2.81 bits per heavy atom. The van der Waals surface area contributed by atoms with E-state index in [9.17, 15) is 19.5 Å². The van der Waals surface area contributed by atoms with Crippen LogP contribution in [0.1, 0.15) is 19.8 Å². The number of hydrogen-bond donors (Lipinski definition) is 2. The minimum atomic E-state index is -0.777. The lowest BCUT2D eigenvalue weighted by molar-refractivity contribution is -0.143. The van der Waals surface area contributed by atoms with Crippen molar-refractivity contribution < 1.29 is 29.0 Å². The van der Waals surface area contributed by atoms with Crippen molar-refractivity contribution in [1.82, 2.24) is 5.32 Å². The standard InChI is InChI=1S/C14H15NO6/c1-8(16)20-12-7-15-6-9(12)2-5-13(19)21-14-10(17)3-4-11(14)18/h2,5-6,12,15,17H,3-4,7H2,1H3. The van der Waals surface area contributed by atoms with Crippen molar-refractivity contribution in [3.63, 3.8) is 0 Å². The van der Waals surface area contributed by atoms with Crippen LogP contribution in [0.3, 0.4) is 0 Å². The maximum Gasteiger partial charge on any atom is 0.336 e. The van der Waals surface area contributed by atoms with Crippen molar-refractivity contribution in [3.05, 3.63) is 35.4 Å². The second-order valence-corrected chi connectivity index (χ2v) is 4.60. The van der Waals surface area contributed by atoms with E-state index < -0.39 is 23.8 Å². The Kier molecular flexibility index (Phi) is 4.42. The first-order valence-corrected chi connectivity index (χ1v) is 6.43. The van der Waals surface area contributed by atoms with E-state index in [-0.39, 0.29) is 24.4 Å². The molecule has 1 heterocycles. The molecule has 1 atom stereocenters. The zero-order valence-electron chi connectivity index (χ0n) is 11.4. The first kappa shape index (κ1) is 14.8. The van der Waals surface area contributed by atoms with Crippen molar-refractivity contribution in [2.45, 2.75) is 25.9 Å². The van der Waals surface area contributed by atoms with Gasteiger partial charge >= 0.3 is 11.9 Å². The summed E-state index contributed by atoms with van der Waals surface area (Å²) in [4.78, 5) is 33.9. The first-order chi connectivity index (χ1) is 9.97. The molecule has 7 heteroatoms. The molecule has 0 aromatic heterocycles. The number of hydrogen-bond acceptors (Lipinski definition) is 7. The van der Waals surface area contributed by atoms with E-state index >= 15 is 0 Å². The van der Waals surface area contributed by atoms with Crippen LogP contribution in [0.5, 0.6) is 0 Å². The van der Waals surface area contributed by atoms with Gasteiger partial charge in [-0.05, 0) is 6.08 Å². The topological polar surface area (TPSA) is 102 Å². The molecule has 1 unspecified atom stereocenters. The van der Waals surface area contributed by atoms with Gasteiger partial charge in [-0.15, -0.1) is 0 Å². The van der Waals surface area contributed by atoms with Gasteiger partial charge in [0, 0.05) is 37.6 Å². The summed E-state index contributed by atoms with van der Waals surface area (Å²) in [6.07, 6.45) is 4.03. The summed E-state index contributed by atoms with van der Waals surface area (Å²) in [6.45, 7) is 1.73. The van der Waals surface area contributed by atoms with Crippen molar-refractivity contribution in [2.75, 3.05) is 6.54 Å². The minimum absolute atomic E-state index is 0.141. The summed E-state index contributed by atoms with van der Waals surface area (Å²) in [7, 11) is 0. The van der Waals surface area contributed by atoms with E-state index in [0.29, 0.717) is 12.1 Å². The molecule has 7 nitrogen and oxygen atoms in total. The van der Waals surface area contributed by atoms with Crippen molar-refractivity contribution in [3.8, 4) is 0 Å². The van der Waals surface area contributed by atoms with Gasteiger partial charge in [-0.25, -0.2) is 4.79 Å². The normalized spacial score (nSPS) is 21.5. The predicted molar refractivity (Wildman–Crippen MR) is 70.8 cm³/mol. The summed E-state index contributed by atoms with van der Waals surface area (Å²) in [5.74, 6) is -2.09. The van der Waals surface area contributed by atoms with Gasteiger partial charge in [0.2, 0.25) is 11.5 Å². The van der Waals surface area contributed by atoms with E-state index in [1.807, 2.05) is 0 Å². The van der Waals surface area contributed by atoms with Gasteiger partial charge in [0.1, 0.15) is 11.9 Å². The molecule has 0 bridgehead atoms. The number of aliphatic hydroxyl groups is 1. The average Bonchev–Trinajstić information content (AvgIpc) is 2.97. The first-order valence-electron chi connectivity index (χ1n) is 6.43. The third-order valence-corrected chi connectivity index (χ3v) is 2.97. The van der Waals surface area contributed by atoms with Gasteiger partial charge in [0.25, 0.3) is 0 Å². The lowest BCUT2D eigenvalue weighted by atomic mass is 10.2. The Labute approximate surface area is 120 Å². The van der Waals surface area contributed by atoms with Crippen LogP contribution in [0.15, 0.2) is 35.4 Å². The van der Waals surface area contributed by atoms with Gasteiger partial charge in [-0.3, -0.25) is 9.59 Å². The highest BCUT2D eigenvalue weighted by Crippen LogP contribution is 2.21. The quantitative estimate of drug-likeness (QED) is 0.579. The molecule has 2 N–H and O–H groups in total. The van der Waals surface area contributed by atoms with Crippen molar-refractivity contribution >= 4 is 17.7 Å². The van der Waals surface area contributed by atoms with E-state index in [2.05, 4.69) is 5.32 Å². The zero-order chi connectivity index (χ0) is 15.4. The second-order valence-electron chi connectivity index (χ2n) is 4.60. The number of carbonyl (C=O) groups is 3. The smallest absolute Gasteiger partial charge is 0.336 e. The lowest BCUT2D eigenvalue weighted by Crippen LogP contribution is -2.22. The van der Waals surface area contributed by atoms with E-state index in [1.165, 1.54) is 13.0 Å². The summed E-state index contributed by atoms with van der Waals surface area (Å²) >= 11 is 0. The molecule has 2 rings (SSSR count). The molecule has 1 aliphatic carbocycles. The van der Waals surface area contributed by atoms with Crippen LogP contribution in [-0.2, 0) is 23.9 Å². The zero-order valence-corrected chi connectivity index (χ0v) is 11.4. The van der Waals surface area contributed by atoms with Gasteiger partial charge < -0.3 is 19.9 Å². The molecule has 0 saturated carbocycles. The lowest BCUT2D eigenvalue weighted by Gasteiger charge is -2.11. The number of esters is 2. The third kappa shape index (κ3) is 3.71. The number of ether oxygens (including phenoxy) is 2. The van der Waals surface area contributed by atoms with E-state index in [4.69, 9.17) is 9.47 Å². The Bertz CT molecular complexity index is 572. The van der Waals surface area contributed by atoms with Gasteiger partial charge in [-0.2, -0.15) is 0 Å². The maximum absolute atomic E-state index is 11.6. The highest BCUT2D eigenvalue weighted by Gasteiger charge is 2.26. The number of ketones is 1. The molecule has 0 aromatic rings. The molecule has 0 fully saturated rings. The van der Waals surface area contributed by atoms with Crippen molar-refractivity contribution in [1.29, 1.82) is 0 Å². The fraction of sp³-hybridized carbons (Fsp3) is 0.357.